The highest BCUT2D eigenvalue weighted by Gasteiger charge is 2.25. The number of rotatable bonds is 8. The Kier molecular flexibility index (Phi) is 8.45. The number of carbonyl (C=O) groups is 1. The van der Waals surface area contributed by atoms with Crippen molar-refractivity contribution in [1.29, 1.82) is 5.26 Å². The summed E-state index contributed by atoms with van der Waals surface area (Å²) in [5.74, 6) is 0.933. The van der Waals surface area contributed by atoms with Crippen LogP contribution in [0.3, 0.4) is 0 Å². The molecule has 1 N–H and O–H groups in total. The van der Waals surface area contributed by atoms with E-state index in [0.717, 1.165) is 31.8 Å². The number of nitriles is 1. The van der Waals surface area contributed by atoms with Gasteiger partial charge in [-0.05, 0) is 93.9 Å². The first kappa shape index (κ1) is 23.1. The molecule has 0 bridgehead atoms. The van der Waals surface area contributed by atoms with Crippen molar-refractivity contribution < 1.29 is 4.79 Å². The summed E-state index contributed by atoms with van der Waals surface area (Å²) in [6, 6.07) is 9.40. The van der Waals surface area contributed by atoms with Crippen LogP contribution in [0.2, 0.25) is 0 Å². The summed E-state index contributed by atoms with van der Waals surface area (Å²) in [4.78, 5) is 17.3. The van der Waals surface area contributed by atoms with E-state index in [-0.39, 0.29) is 5.91 Å². The second-order valence-corrected chi connectivity index (χ2v) is 10.0. The molecule has 1 aromatic carbocycles. The van der Waals surface area contributed by atoms with Crippen LogP contribution in [0.4, 0.5) is 5.69 Å². The number of fused-ring (bicyclic) bond motifs is 1. The van der Waals surface area contributed by atoms with Gasteiger partial charge in [0.1, 0.15) is 0 Å². The third kappa shape index (κ3) is 6.25. The first-order valence-corrected chi connectivity index (χ1v) is 13.0. The van der Waals surface area contributed by atoms with Crippen molar-refractivity contribution in [2.75, 3.05) is 37.6 Å². The number of anilines is 1. The lowest BCUT2D eigenvalue weighted by Crippen LogP contribution is -2.47. The number of unbranched alkanes of at least 4 members (excludes halogenated alkanes) is 1. The first-order valence-electron chi connectivity index (χ1n) is 13.0. The largest absolute Gasteiger partial charge is 0.369 e. The van der Waals surface area contributed by atoms with Gasteiger partial charge in [-0.15, -0.1) is 0 Å². The summed E-state index contributed by atoms with van der Waals surface area (Å²) in [6.45, 7) is 5.88. The lowest BCUT2D eigenvalue weighted by atomic mass is 9.84. The zero-order valence-corrected chi connectivity index (χ0v) is 19.7. The molecule has 1 amide bonds. The Balaban J connectivity index is 1.14. The monoisotopic (exact) mass is 436 g/mol. The fraction of sp³-hybridized carbons (Fsp3) is 0.704. The first-order chi connectivity index (χ1) is 15.7. The molecular weight excluding hydrogens is 396 g/mol. The van der Waals surface area contributed by atoms with E-state index in [9.17, 15) is 4.79 Å². The van der Waals surface area contributed by atoms with E-state index < -0.39 is 0 Å². The van der Waals surface area contributed by atoms with Gasteiger partial charge >= 0.3 is 0 Å². The van der Waals surface area contributed by atoms with Crippen molar-refractivity contribution in [2.24, 2.45) is 5.92 Å². The number of amides is 1. The summed E-state index contributed by atoms with van der Waals surface area (Å²) in [7, 11) is 0. The van der Waals surface area contributed by atoms with Gasteiger partial charge in [0.2, 0.25) is 5.91 Å². The fourth-order valence-electron chi connectivity index (χ4n) is 5.86. The molecule has 1 heterocycles. The third-order valence-electron chi connectivity index (χ3n) is 7.84. The maximum atomic E-state index is 12.0. The highest BCUT2D eigenvalue weighted by atomic mass is 16.1. The number of benzene rings is 1. The molecule has 174 valence electrons. The summed E-state index contributed by atoms with van der Waals surface area (Å²) >= 11 is 0. The van der Waals surface area contributed by atoms with Gasteiger partial charge in [0.15, 0.2) is 0 Å². The number of carbonyl (C=O) groups excluding carboxylic acids is 1. The van der Waals surface area contributed by atoms with Crippen molar-refractivity contribution in [2.45, 2.75) is 83.1 Å². The summed E-state index contributed by atoms with van der Waals surface area (Å²) in [5.41, 5.74) is 4.72. The Morgan fingerprint density at radius 2 is 1.84 bits per heavy atom. The lowest BCUT2D eigenvalue weighted by Gasteiger charge is -2.38. The molecule has 5 heteroatoms. The Hall–Kier alpha value is -2.06. The van der Waals surface area contributed by atoms with Gasteiger partial charge in [0.25, 0.3) is 0 Å². The molecule has 0 spiro atoms. The minimum atomic E-state index is 0.126. The number of hydrogen-bond acceptors (Lipinski definition) is 4. The number of hydrogen-bond donors (Lipinski definition) is 1. The van der Waals surface area contributed by atoms with Crippen molar-refractivity contribution in [3.63, 3.8) is 0 Å². The lowest BCUT2D eigenvalue weighted by molar-refractivity contribution is -0.122. The van der Waals surface area contributed by atoms with Gasteiger partial charge in [-0.2, -0.15) is 5.26 Å². The molecule has 1 aromatic rings. The molecule has 3 aliphatic rings. The standard InChI is InChI=1S/C27H40N4O/c28-16-4-3-10-27(32)29-24-13-11-22(12-14-24)15-17-30-18-20-31(21-19-30)26-9-5-7-23-6-1-2-8-25(23)26/h5,7,9,22,24H,1-4,6,8,10-15,17-21H2,(H,29,32). The van der Waals surface area contributed by atoms with E-state index in [2.05, 4.69) is 39.4 Å². The van der Waals surface area contributed by atoms with E-state index in [1.807, 2.05) is 0 Å². The van der Waals surface area contributed by atoms with Crippen LogP contribution in [0, 0.1) is 17.2 Å². The zero-order chi connectivity index (χ0) is 22.2. The maximum Gasteiger partial charge on any atom is 0.220 e. The molecule has 4 rings (SSSR count). The van der Waals surface area contributed by atoms with E-state index >= 15 is 0 Å². The molecule has 5 nitrogen and oxygen atoms in total. The molecule has 0 radical (unpaired) electrons. The van der Waals surface area contributed by atoms with Gasteiger partial charge in [0.05, 0.1) is 6.07 Å². The highest BCUT2D eigenvalue weighted by molar-refractivity contribution is 5.76. The van der Waals surface area contributed by atoms with E-state index in [1.54, 1.807) is 11.1 Å². The van der Waals surface area contributed by atoms with E-state index in [4.69, 9.17) is 5.26 Å². The second kappa shape index (κ2) is 11.7. The summed E-state index contributed by atoms with van der Waals surface area (Å²) < 4.78 is 0. The smallest absolute Gasteiger partial charge is 0.220 e. The molecule has 0 unspecified atom stereocenters. The van der Waals surface area contributed by atoms with Crippen LogP contribution in [0.5, 0.6) is 0 Å². The van der Waals surface area contributed by atoms with E-state index in [0.29, 0.717) is 25.3 Å². The van der Waals surface area contributed by atoms with Crippen LogP contribution >= 0.6 is 0 Å². The summed E-state index contributed by atoms with van der Waals surface area (Å²) in [5, 5.41) is 11.8. The molecule has 0 atom stereocenters. The quantitative estimate of drug-likeness (QED) is 0.612. The van der Waals surface area contributed by atoms with Crippen LogP contribution < -0.4 is 10.2 Å². The molecule has 32 heavy (non-hydrogen) atoms. The van der Waals surface area contributed by atoms with E-state index in [1.165, 1.54) is 70.3 Å². The average Bonchev–Trinajstić information content (AvgIpc) is 2.84. The van der Waals surface area contributed by atoms with Gasteiger partial charge in [0, 0.05) is 50.7 Å². The average molecular weight is 437 g/mol. The zero-order valence-electron chi connectivity index (χ0n) is 19.7. The number of nitrogens with one attached hydrogen (secondary N) is 1. The van der Waals surface area contributed by atoms with Crippen molar-refractivity contribution in [3.8, 4) is 6.07 Å². The van der Waals surface area contributed by atoms with Gasteiger partial charge in [-0.3, -0.25) is 9.69 Å². The molecule has 0 aromatic heterocycles. The minimum Gasteiger partial charge on any atom is -0.369 e. The van der Waals surface area contributed by atoms with Gasteiger partial charge in [-0.25, -0.2) is 0 Å². The van der Waals surface area contributed by atoms with Crippen LogP contribution in [0.1, 0.15) is 75.3 Å². The Bertz CT molecular complexity index is 785. The molecular formula is C27H40N4O. The van der Waals surface area contributed by atoms with Gasteiger partial charge < -0.3 is 10.2 Å². The molecule has 2 fully saturated rings. The molecule has 2 aliphatic carbocycles. The molecule has 1 saturated heterocycles. The number of nitrogens with zero attached hydrogens (tertiary/aromatic N) is 3. The summed E-state index contributed by atoms with van der Waals surface area (Å²) in [6.07, 6.45) is 12.8. The van der Waals surface area contributed by atoms with Crippen LogP contribution in [-0.2, 0) is 17.6 Å². The Morgan fingerprint density at radius 1 is 1.06 bits per heavy atom. The van der Waals surface area contributed by atoms with Crippen molar-refractivity contribution in [1.82, 2.24) is 10.2 Å². The normalized spacial score (nSPS) is 23.9. The van der Waals surface area contributed by atoms with Crippen molar-refractivity contribution >= 4 is 11.6 Å². The molecule has 1 aliphatic heterocycles. The Morgan fingerprint density at radius 3 is 2.62 bits per heavy atom. The fourth-order valence-corrected chi connectivity index (χ4v) is 5.86. The van der Waals surface area contributed by atoms with Crippen LogP contribution in [-0.4, -0.2) is 49.6 Å². The minimum absolute atomic E-state index is 0.126. The second-order valence-electron chi connectivity index (χ2n) is 10.0. The predicted octanol–water partition coefficient (Wildman–Crippen LogP) is 4.45. The van der Waals surface area contributed by atoms with Crippen molar-refractivity contribution in [3.05, 3.63) is 29.3 Å². The van der Waals surface area contributed by atoms with Crippen LogP contribution in [0.25, 0.3) is 0 Å². The third-order valence-corrected chi connectivity index (χ3v) is 7.84. The topological polar surface area (TPSA) is 59.4 Å². The number of aryl methyl sites for hydroxylation is 1. The van der Waals surface area contributed by atoms with Crippen LogP contribution in [0.15, 0.2) is 18.2 Å². The highest BCUT2D eigenvalue weighted by Crippen LogP contribution is 2.31. The van der Waals surface area contributed by atoms with Gasteiger partial charge in [-0.1, -0.05) is 12.1 Å². The SMILES string of the molecule is N#CCCCC(=O)NC1CCC(CCN2CCN(c3cccc4c3CCCC4)CC2)CC1. The Labute approximate surface area is 194 Å². The predicted molar refractivity (Wildman–Crippen MR) is 130 cm³/mol. The number of piperazine rings is 1. The molecule has 1 saturated carbocycles. The maximum absolute atomic E-state index is 12.0.